The molecular weight excluding hydrogens is 268 g/mol. The predicted octanol–water partition coefficient (Wildman–Crippen LogP) is 4.45. The zero-order valence-corrected chi connectivity index (χ0v) is 11.1. The molecule has 90 valence electrons. The number of thiophene rings is 1. The van der Waals surface area contributed by atoms with E-state index in [-0.39, 0.29) is 0 Å². The highest BCUT2D eigenvalue weighted by molar-refractivity contribution is 7.18. The number of ether oxygens (including phenoxy) is 1. The van der Waals surface area contributed by atoms with Crippen LogP contribution in [0.2, 0.25) is 5.02 Å². The van der Waals surface area contributed by atoms with Gasteiger partial charge in [-0.1, -0.05) is 11.6 Å². The number of benzene rings is 1. The number of aromatic nitrogens is 2. The highest BCUT2D eigenvalue weighted by Gasteiger charge is 2.08. The normalized spacial score (nSPS) is 10.8. The Balaban J connectivity index is 2.01. The van der Waals surface area contributed by atoms with E-state index in [2.05, 4.69) is 9.97 Å². The van der Waals surface area contributed by atoms with Gasteiger partial charge in [0, 0.05) is 9.90 Å². The van der Waals surface area contributed by atoms with E-state index < -0.39 is 0 Å². The van der Waals surface area contributed by atoms with E-state index in [1.54, 1.807) is 23.5 Å². The van der Waals surface area contributed by atoms with Crippen molar-refractivity contribution in [3.63, 3.8) is 0 Å². The molecule has 3 aromatic rings. The van der Waals surface area contributed by atoms with Gasteiger partial charge in [0.25, 0.3) is 0 Å². The van der Waals surface area contributed by atoms with Crippen LogP contribution in [0.3, 0.4) is 0 Å². The molecule has 18 heavy (non-hydrogen) atoms. The minimum absolute atomic E-state index is 0.576. The van der Waals surface area contributed by atoms with Crippen molar-refractivity contribution < 1.29 is 4.74 Å². The molecule has 5 heteroatoms. The molecular formula is C13H9ClN2OS. The standard InChI is InChI=1S/C13H9ClN2OS/c1-8-6-11-12(15-7-16-13(11)18-8)17-10-4-2-9(14)3-5-10/h2-7H,1H3. The van der Waals surface area contributed by atoms with Crippen LogP contribution in [0.1, 0.15) is 4.88 Å². The lowest BCUT2D eigenvalue weighted by Gasteiger charge is -2.04. The van der Waals surface area contributed by atoms with E-state index in [0.717, 1.165) is 10.2 Å². The number of rotatable bonds is 2. The molecule has 0 aliphatic heterocycles. The number of nitrogens with zero attached hydrogens (tertiary/aromatic N) is 2. The summed E-state index contributed by atoms with van der Waals surface area (Å²) in [5.41, 5.74) is 0. The molecule has 0 atom stereocenters. The lowest BCUT2D eigenvalue weighted by atomic mass is 10.3. The third kappa shape index (κ3) is 2.17. The summed E-state index contributed by atoms with van der Waals surface area (Å²) in [4.78, 5) is 10.5. The molecule has 0 aliphatic carbocycles. The maximum absolute atomic E-state index is 5.83. The van der Waals surface area contributed by atoms with Gasteiger partial charge in [-0.25, -0.2) is 9.97 Å². The predicted molar refractivity (Wildman–Crippen MR) is 73.7 cm³/mol. The molecule has 0 amide bonds. The minimum Gasteiger partial charge on any atom is -0.438 e. The van der Waals surface area contributed by atoms with Crippen molar-refractivity contribution in [1.82, 2.24) is 9.97 Å². The minimum atomic E-state index is 0.576. The third-order valence-corrected chi connectivity index (χ3v) is 3.65. The van der Waals surface area contributed by atoms with E-state index in [4.69, 9.17) is 16.3 Å². The molecule has 0 N–H and O–H groups in total. The van der Waals surface area contributed by atoms with E-state index in [0.29, 0.717) is 16.7 Å². The highest BCUT2D eigenvalue weighted by atomic mass is 35.5. The summed E-state index contributed by atoms with van der Waals surface area (Å²) in [5, 5.41) is 1.62. The van der Waals surface area contributed by atoms with Crippen LogP contribution in [0.15, 0.2) is 36.7 Å². The van der Waals surface area contributed by atoms with Gasteiger partial charge in [-0.05, 0) is 37.3 Å². The zero-order valence-electron chi connectivity index (χ0n) is 9.55. The average Bonchev–Trinajstić information content (AvgIpc) is 2.73. The second kappa shape index (κ2) is 4.55. The van der Waals surface area contributed by atoms with Crippen LogP contribution in [0, 0.1) is 6.92 Å². The molecule has 0 saturated heterocycles. The van der Waals surface area contributed by atoms with Gasteiger partial charge < -0.3 is 4.74 Å². The molecule has 0 spiro atoms. The summed E-state index contributed by atoms with van der Waals surface area (Å²) < 4.78 is 5.76. The fourth-order valence-corrected chi connectivity index (χ4v) is 2.61. The Hall–Kier alpha value is -1.65. The van der Waals surface area contributed by atoms with E-state index in [1.165, 1.54) is 11.2 Å². The molecule has 3 nitrogen and oxygen atoms in total. The molecule has 0 unspecified atom stereocenters. The summed E-state index contributed by atoms with van der Waals surface area (Å²) in [6.07, 6.45) is 1.52. The van der Waals surface area contributed by atoms with Gasteiger partial charge in [0.05, 0.1) is 5.39 Å². The van der Waals surface area contributed by atoms with Crippen LogP contribution in [-0.4, -0.2) is 9.97 Å². The number of hydrogen-bond acceptors (Lipinski definition) is 4. The molecule has 1 aromatic carbocycles. The molecule has 0 saturated carbocycles. The van der Waals surface area contributed by atoms with Gasteiger partial charge in [-0.2, -0.15) is 0 Å². The van der Waals surface area contributed by atoms with Gasteiger partial charge in [-0.3, -0.25) is 0 Å². The van der Waals surface area contributed by atoms with E-state index in [9.17, 15) is 0 Å². The first-order valence-electron chi connectivity index (χ1n) is 5.37. The Morgan fingerprint density at radius 2 is 1.94 bits per heavy atom. The van der Waals surface area contributed by atoms with Gasteiger partial charge in [0.15, 0.2) is 0 Å². The molecule has 0 radical (unpaired) electrons. The van der Waals surface area contributed by atoms with Crippen LogP contribution in [0.5, 0.6) is 11.6 Å². The van der Waals surface area contributed by atoms with Crippen molar-refractivity contribution in [2.24, 2.45) is 0 Å². The monoisotopic (exact) mass is 276 g/mol. The van der Waals surface area contributed by atoms with Gasteiger partial charge >= 0.3 is 0 Å². The lowest BCUT2D eigenvalue weighted by molar-refractivity contribution is 0.468. The number of fused-ring (bicyclic) bond motifs is 1. The molecule has 0 fully saturated rings. The van der Waals surface area contributed by atoms with Crippen LogP contribution in [0.25, 0.3) is 10.2 Å². The molecule has 2 aromatic heterocycles. The molecule has 0 bridgehead atoms. The van der Waals surface area contributed by atoms with Crippen molar-refractivity contribution in [1.29, 1.82) is 0 Å². The number of aryl methyl sites for hydroxylation is 1. The summed E-state index contributed by atoms with van der Waals surface area (Å²) in [6, 6.07) is 9.23. The van der Waals surface area contributed by atoms with Crippen LogP contribution >= 0.6 is 22.9 Å². The molecule has 0 aliphatic rings. The first-order valence-corrected chi connectivity index (χ1v) is 6.56. The summed E-state index contributed by atoms with van der Waals surface area (Å²) in [5.74, 6) is 1.29. The van der Waals surface area contributed by atoms with Gasteiger partial charge in [0.2, 0.25) is 5.88 Å². The second-order valence-electron chi connectivity index (χ2n) is 3.81. The average molecular weight is 277 g/mol. The van der Waals surface area contributed by atoms with E-state index in [1.807, 2.05) is 25.1 Å². The fourth-order valence-electron chi connectivity index (χ4n) is 1.65. The summed E-state index contributed by atoms with van der Waals surface area (Å²) in [6.45, 7) is 2.04. The number of hydrogen-bond donors (Lipinski definition) is 0. The van der Waals surface area contributed by atoms with Crippen molar-refractivity contribution >= 4 is 33.2 Å². The Bertz CT molecular complexity index is 694. The second-order valence-corrected chi connectivity index (χ2v) is 5.48. The number of halogens is 1. The van der Waals surface area contributed by atoms with Crippen LogP contribution in [0.4, 0.5) is 0 Å². The Kier molecular flexibility index (Phi) is 2.89. The Labute approximate surface area is 113 Å². The largest absolute Gasteiger partial charge is 0.438 e. The Morgan fingerprint density at radius 1 is 1.17 bits per heavy atom. The molecule has 2 heterocycles. The van der Waals surface area contributed by atoms with Gasteiger partial charge in [-0.15, -0.1) is 11.3 Å². The highest BCUT2D eigenvalue weighted by Crippen LogP contribution is 2.31. The smallest absolute Gasteiger partial charge is 0.231 e. The van der Waals surface area contributed by atoms with Gasteiger partial charge in [0.1, 0.15) is 16.9 Å². The summed E-state index contributed by atoms with van der Waals surface area (Å²) in [7, 11) is 0. The topological polar surface area (TPSA) is 35.0 Å². The Morgan fingerprint density at radius 3 is 2.72 bits per heavy atom. The van der Waals surface area contributed by atoms with E-state index >= 15 is 0 Å². The zero-order chi connectivity index (χ0) is 12.5. The first kappa shape index (κ1) is 11.4. The fraction of sp³-hybridized carbons (Fsp3) is 0.0769. The first-order chi connectivity index (χ1) is 8.72. The maximum atomic E-state index is 5.83. The quantitative estimate of drug-likeness (QED) is 0.694. The van der Waals surface area contributed by atoms with Crippen molar-refractivity contribution in [3.8, 4) is 11.6 Å². The lowest BCUT2D eigenvalue weighted by Crippen LogP contribution is -1.88. The molecule has 3 rings (SSSR count). The maximum Gasteiger partial charge on any atom is 0.231 e. The SMILES string of the molecule is Cc1cc2c(Oc3ccc(Cl)cc3)ncnc2s1. The van der Waals surface area contributed by atoms with Crippen molar-refractivity contribution in [2.75, 3.05) is 0 Å². The van der Waals surface area contributed by atoms with Crippen molar-refractivity contribution in [3.05, 3.63) is 46.6 Å². The van der Waals surface area contributed by atoms with Crippen LogP contribution in [-0.2, 0) is 0 Å². The van der Waals surface area contributed by atoms with Crippen LogP contribution < -0.4 is 4.74 Å². The third-order valence-electron chi connectivity index (χ3n) is 2.44. The summed E-state index contributed by atoms with van der Waals surface area (Å²) >= 11 is 7.46. The van der Waals surface area contributed by atoms with Crippen molar-refractivity contribution in [2.45, 2.75) is 6.92 Å².